The summed E-state index contributed by atoms with van der Waals surface area (Å²) < 4.78 is 10.6. The molecule has 2 amide bonds. The van der Waals surface area contributed by atoms with Crippen LogP contribution in [-0.2, 0) is 9.59 Å². The molecule has 1 heterocycles. The van der Waals surface area contributed by atoms with Crippen LogP contribution in [0, 0.1) is 6.92 Å². The Labute approximate surface area is 153 Å². The topological polar surface area (TPSA) is 80.6 Å². The molecular weight excluding hydrogens is 332 g/mol. The van der Waals surface area contributed by atoms with Gasteiger partial charge in [0.2, 0.25) is 11.8 Å². The largest absolute Gasteiger partial charge is 0.497 e. The number of carbonyl (C=O) groups is 2. The van der Waals surface area contributed by atoms with Crippen molar-refractivity contribution >= 4 is 17.9 Å². The van der Waals surface area contributed by atoms with Crippen molar-refractivity contribution in [2.45, 2.75) is 32.9 Å². The quantitative estimate of drug-likeness (QED) is 0.748. The third-order valence-corrected chi connectivity index (χ3v) is 3.84. The lowest BCUT2D eigenvalue weighted by atomic mass is 10.2. The van der Waals surface area contributed by atoms with Crippen molar-refractivity contribution in [1.82, 2.24) is 10.6 Å². The Morgan fingerprint density at radius 3 is 2.35 bits per heavy atom. The lowest BCUT2D eigenvalue weighted by Gasteiger charge is -2.16. The SMILES string of the molecule is COc1ccc(/C=C/C(=O)NC(C)C(=O)NC(C)c2ccc(C)o2)cc1. The summed E-state index contributed by atoms with van der Waals surface area (Å²) in [4.78, 5) is 24.2. The van der Waals surface area contributed by atoms with Crippen LogP contribution >= 0.6 is 0 Å². The van der Waals surface area contributed by atoms with Gasteiger partial charge in [0, 0.05) is 6.08 Å². The summed E-state index contributed by atoms with van der Waals surface area (Å²) in [7, 11) is 1.60. The highest BCUT2D eigenvalue weighted by Crippen LogP contribution is 2.15. The highest BCUT2D eigenvalue weighted by molar-refractivity contribution is 5.95. The second kappa shape index (κ2) is 8.89. The molecule has 0 aliphatic heterocycles. The molecule has 6 heteroatoms. The average molecular weight is 356 g/mol. The van der Waals surface area contributed by atoms with Crippen molar-refractivity contribution in [3.63, 3.8) is 0 Å². The van der Waals surface area contributed by atoms with Gasteiger partial charge >= 0.3 is 0 Å². The van der Waals surface area contributed by atoms with Crippen LogP contribution < -0.4 is 15.4 Å². The van der Waals surface area contributed by atoms with Crippen molar-refractivity contribution in [2.24, 2.45) is 0 Å². The Balaban J connectivity index is 1.84. The summed E-state index contributed by atoms with van der Waals surface area (Å²) in [6.45, 7) is 5.30. The number of rotatable bonds is 7. The number of hydrogen-bond donors (Lipinski definition) is 2. The predicted octanol–water partition coefficient (Wildman–Crippen LogP) is 2.99. The van der Waals surface area contributed by atoms with Gasteiger partial charge in [-0.25, -0.2) is 0 Å². The first kappa shape index (κ1) is 19.3. The van der Waals surface area contributed by atoms with Gasteiger partial charge in [-0.3, -0.25) is 9.59 Å². The Kier molecular flexibility index (Phi) is 6.60. The minimum absolute atomic E-state index is 0.273. The van der Waals surface area contributed by atoms with E-state index < -0.39 is 6.04 Å². The Bertz CT molecular complexity index is 777. The molecule has 0 aliphatic rings. The predicted molar refractivity (Wildman–Crippen MR) is 99.6 cm³/mol. The fourth-order valence-electron chi connectivity index (χ4n) is 2.31. The van der Waals surface area contributed by atoms with Crippen LogP contribution in [-0.4, -0.2) is 25.0 Å². The lowest BCUT2D eigenvalue weighted by Crippen LogP contribution is -2.44. The van der Waals surface area contributed by atoms with Crippen LogP contribution in [0.5, 0.6) is 5.75 Å². The summed E-state index contributed by atoms with van der Waals surface area (Å²) in [6.07, 6.45) is 3.07. The van der Waals surface area contributed by atoms with Crippen molar-refractivity contribution in [3.05, 3.63) is 59.6 Å². The molecule has 0 saturated heterocycles. The summed E-state index contributed by atoms with van der Waals surface area (Å²) in [6, 6.07) is 10.0. The van der Waals surface area contributed by atoms with Crippen molar-refractivity contribution < 1.29 is 18.7 Å². The number of ether oxygens (including phenoxy) is 1. The van der Waals surface area contributed by atoms with Crippen LogP contribution in [0.15, 0.2) is 46.9 Å². The Hall–Kier alpha value is -3.02. The molecule has 2 N–H and O–H groups in total. The molecule has 0 spiro atoms. The maximum Gasteiger partial charge on any atom is 0.244 e. The van der Waals surface area contributed by atoms with Gasteiger partial charge in [-0.2, -0.15) is 0 Å². The molecule has 0 fully saturated rings. The average Bonchev–Trinajstić information content (AvgIpc) is 3.06. The number of aryl methyl sites for hydroxylation is 1. The van der Waals surface area contributed by atoms with E-state index in [9.17, 15) is 9.59 Å². The molecule has 138 valence electrons. The minimum Gasteiger partial charge on any atom is -0.497 e. The molecule has 2 rings (SSSR count). The lowest BCUT2D eigenvalue weighted by molar-refractivity contribution is -0.127. The van der Waals surface area contributed by atoms with E-state index in [1.807, 2.05) is 50.2 Å². The van der Waals surface area contributed by atoms with Gasteiger partial charge in [-0.1, -0.05) is 12.1 Å². The maximum atomic E-state index is 12.2. The van der Waals surface area contributed by atoms with Crippen molar-refractivity contribution in [1.29, 1.82) is 0 Å². The van der Waals surface area contributed by atoms with Gasteiger partial charge in [0.1, 0.15) is 23.3 Å². The van der Waals surface area contributed by atoms with E-state index >= 15 is 0 Å². The zero-order valence-electron chi connectivity index (χ0n) is 15.4. The summed E-state index contributed by atoms with van der Waals surface area (Å²) >= 11 is 0. The van der Waals surface area contributed by atoms with Crippen LogP contribution in [0.3, 0.4) is 0 Å². The molecule has 6 nitrogen and oxygen atoms in total. The maximum absolute atomic E-state index is 12.2. The van der Waals surface area contributed by atoms with Gasteiger partial charge in [0.05, 0.1) is 13.2 Å². The number of benzene rings is 1. The molecule has 2 atom stereocenters. The van der Waals surface area contributed by atoms with Crippen molar-refractivity contribution in [3.8, 4) is 5.75 Å². The van der Waals surface area contributed by atoms with Crippen LogP contribution in [0.25, 0.3) is 6.08 Å². The summed E-state index contributed by atoms with van der Waals surface area (Å²) in [5, 5.41) is 5.46. The Morgan fingerprint density at radius 1 is 1.08 bits per heavy atom. The van der Waals surface area contributed by atoms with Gasteiger partial charge in [-0.05, 0) is 56.7 Å². The van der Waals surface area contributed by atoms with Gasteiger partial charge < -0.3 is 19.8 Å². The molecule has 1 aromatic heterocycles. The molecule has 1 aromatic carbocycles. The van der Waals surface area contributed by atoms with Crippen LogP contribution in [0.1, 0.15) is 37.0 Å². The first-order valence-electron chi connectivity index (χ1n) is 8.38. The molecule has 2 aromatic rings. The summed E-state index contributed by atoms with van der Waals surface area (Å²) in [5.74, 6) is 1.58. The van der Waals surface area contributed by atoms with Crippen LogP contribution in [0.4, 0.5) is 0 Å². The van der Waals surface area contributed by atoms with Crippen molar-refractivity contribution in [2.75, 3.05) is 7.11 Å². The smallest absolute Gasteiger partial charge is 0.244 e. The van der Waals surface area contributed by atoms with Gasteiger partial charge in [0.15, 0.2) is 0 Å². The van der Waals surface area contributed by atoms with E-state index in [1.54, 1.807) is 20.1 Å². The first-order valence-corrected chi connectivity index (χ1v) is 8.38. The highest BCUT2D eigenvalue weighted by atomic mass is 16.5. The third kappa shape index (κ3) is 5.51. The number of methoxy groups -OCH3 is 1. The molecule has 0 radical (unpaired) electrons. The normalized spacial score (nSPS) is 13.2. The van der Waals surface area contributed by atoms with E-state index in [0.717, 1.165) is 17.1 Å². The van der Waals surface area contributed by atoms with Gasteiger partial charge in [0.25, 0.3) is 0 Å². The molecule has 0 saturated carbocycles. The molecule has 0 aliphatic carbocycles. The minimum atomic E-state index is -0.665. The fourth-order valence-corrected chi connectivity index (χ4v) is 2.31. The first-order chi connectivity index (χ1) is 12.4. The number of furan rings is 1. The Morgan fingerprint density at radius 2 is 1.77 bits per heavy atom. The fraction of sp³-hybridized carbons (Fsp3) is 0.300. The van der Waals surface area contributed by atoms with E-state index in [2.05, 4.69) is 10.6 Å². The number of amides is 2. The molecular formula is C20H24N2O4. The molecule has 26 heavy (non-hydrogen) atoms. The molecule has 0 bridgehead atoms. The zero-order valence-corrected chi connectivity index (χ0v) is 15.4. The van der Waals surface area contributed by atoms with Gasteiger partial charge in [-0.15, -0.1) is 0 Å². The zero-order chi connectivity index (χ0) is 19.1. The monoisotopic (exact) mass is 356 g/mol. The highest BCUT2D eigenvalue weighted by Gasteiger charge is 2.18. The second-order valence-electron chi connectivity index (χ2n) is 6.02. The van der Waals surface area contributed by atoms with E-state index in [0.29, 0.717) is 5.76 Å². The van der Waals surface area contributed by atoms with E-state index in [1.165, 1.54) is 6.08 Å². The standard InChI is InChI=1S/C20H24N2O4/c1-13-5-11-18(26-13)14(2)22-20(24)15(3)21-19(23)12-8-16-6-9-17(25-4)10-7-16/h5-12,14-15H,1-4H3,(H,21,23)(H,22,24)/b12-8+. The number of hydrogen-bond acceptors (Lipinski definition) is 4. The second-order valence-corrected chi connectivity index (χ2v) is 6.02. The third-order valence-electron chi connectivity index (χ3n) is 3.84. The van der Waals surface area contributed by atoms with Crippen LogP contribution in [0.2, 0.25) is 0 Å². The number of nitrogens with one attached hydrogen (secondary N) is 2. The van der Waals surface area contributed by atoms with E-state index in [4.69, 9.17) is 9.15 Å². The number of carbonyl (C=O) groups excluding carboxylic acids is 2. The van der Waals surface area contributed by atoms with E-state index in [-0.39, 0.29) is 17.9 Å². The molecule has 2 unspecified atom stereocenters. The summed E-state index contributed by atoms with van der Waals surface area (Å²) in [5.41, 5.74) is 0.861.